The minimum absolute atomic E-state index is 0.0714. The van der Waals surface area contributed by atoms with Crippen LogP contribution < -0.4 is 0 Å². The molecule has 8 nitrogen and oxygen atoms in total. The number of ketones is 2. The molecule has 1 aliphatic heterocycles. The Bertz CT molecular complexity index is 713. The average Bonchev–Trinajstić information content (AvgIpc) is 2.93. The summed E-state index contributed by atoms with van der Waals surface area (Å²) in [5.74, 6) is -4.93. The van der Waals surface area contributed by atoms with Gasteiger partial charge in [-0.15, -0.1) is 0 Å². The normalized spacial score (nSPS) is 34.1. The highest BCUT2D eigenvalue weighted by Gasteiger charge is 2.63. The molecule has 1 saturated carbocycles. The lowest BCUT2D eigenvalue weighted by Gasteiger charge is -2.39. The van der Waals surface area contributed by atoms with Crippen LogP contribution in [0.1, 0.15) is 47.0 Å². The summed E-state index contributed by atoms with van der Waals surface area (Å²) in [4.78, 5) is 50.6. The number of fused-ring (bicyclic) bond motifs is 1. The Morgan fingerprint density at radius 1 is 1.34 bits per heavy atom. The van der Waals surface area contributed by atoms with Crippen LogP contribution in [0.2, 0.25) is 0 Å². The summed E-state index contributed by atoms with van der Waals surface area (Å²) in [5, 5.41) is 11.6. The second-order valence-electron chi connectivity index (χ2n) is 8.06. The fraction of sp³-hybridized carbons (Fsp3) is 0.714. The van der Waals surface area contributed by atoms with Crippen LogP contribution in [0.5, 0.6) is 0 Å². The number of hydrogen-bond donors (Lipinski definition) is 1. The first-order chi connectivity index (χ1) is 13.5. The number of aliphatic hydroxyl groups is 1. The molecule has 0 radical (unpaired) electrons. The quantitative estimate of drug-likeness (QED) is 0.494. The Balaban J connectivity index is 2.56. The van der Waals surface area contributed by atoms with Crippen molar-refractivity contribution in [2.45, 2.75) is 70.9 Å². The van der Waals surface area contributed by atoms with Gasteiger partial charge >= 0.3 is 11.9 Å². The van der Waals surface area contributed by atoms with Gasteiger partial charge in [0.15, 0.2) is 17.5 Å². The van der Waals surface area contributed by atoms with Gasteiger partial charge in [0.2, 0.25) is 0 Å². The number of methoxy groups -OCH3 is 1. The van der Waals surface area contributed by atoms with Gasteiger partial charge in [-0.3, -0.25) is 14.4 Å². The van der Waals surface area contributed by atoms with E-state index in [2.05, 4.69) is 6.58 Å². The first-order valence-electron chi connectivity index (χ1n) is 9.90. The Labute approximate surface area is 170 Å². The number of rotatable bonds is 7. The van der Waals surface area contributed by atoms with Crippen molar-refractivity contribution in [2.24, 2.45) is 17.8 Å². The smallest absolute Gasteiger partial charge is 0.334 e. The van der Waals surface area contributed by atoms with Gasteiger partial charge in [-0.25, -0.2) is 4.79 Å². The standard InChI is InChI=1S/C21H30O8/c1-7-10(2)19(24)29-18-17-14(12(4)20(25)28-17)9-15(22)13(5)21(18,26)16(23)8-11(3)27-6/h10-11,13-14,17-18,26H,4,7-9H2,1-3,5-6H3/t10-,11-,13-,14-,17+,18-,21+/m0/s1. The van der Waals surface area contributed by atoms with Gasteiger partial charge in [-0.2, -0.15) is 0 Å². The zero-order valence-electron chi connectivity index (χ0n) is 17.6. The lowest BCUT2D eigenvalue weighted by molar-refractivity contribution is -0.199. The van der Waals surface area contributed by atoms with E-state index in [-0.39, 0.29) is 18.4 Å². The molecular formula is C21H30O8. The molecule has 2 aliphatic rings. The SMILES string of the molecule is C=C1C(=O)O[C@@H]2[C@H]1CC(=O)[C@H](C)[C@@](O)(C(=O)C[C@H](C)OC)[C@H]2OC(=O)[C@@H](C)CC. The predicted molar refractivity (Wildman–Crippen MR) is 102 cm³/mol. The molecule has 0 amide bonds. The van der Waals surface area contributed by atoms with Gasteiger partial charge < -0.3 is 19.3 Å². The molecule has 0 aromatic carbocycles. The van der Waals surface area contributed by atoms with Crippen molar-refractivity contribution in [3.8, 4) is 0 Å². The van der Waals surface area contributed by atoms with Gasteiger partial charge in [0.1, 0.15) is 11.9 Å². The summed E-state index contributed by atoms with van der Waals surface area (Å²) in [6.45, 7) is 10.2. The van der Waals surface area contributed by atoms with E-state index in [0.29, 0.717) is 6.42 Å². The van der Waals surface area contributed by atoms with Gasteiger partial charge in [-0.1, -0.05) is 27.4 Å². The third kappa shape index (κ3) is 4.14. The highest BCUT2D eigenvalue weighted by Crippen LogP contribution is 2.44. The Hall–Kier alpha value is -2.06. The number of carbonyl (C=O) groups is 4. The van der Waals surface area contributed by atoms with Crippen LogP contribution in [0.3, 0.4) is 0 Å². The molecular weight excluding hydrogens is 380 g/mol. The summed E-state index contributed by atoms with van der Waals surface area (Å²) in [5.41, 5.74) is -2.28. The molecule has 1 heterocycles. The third-order valence-corrected chi connectivity index (χ3v) is 6.23. The van der Waals surface area contributed by atoms with Crippen LogP contribution in [0, 0.1) is 17.8 Å². The maximum Gasteiger partial charge on any atom is 0.334 e. The summed E-state index contributed by atoms with van der Waals surface area (Å²) >= 11 is 0. The van der Waals surface area contributed by atoms with Crippen LogP contribution in [-0.2, 0) is 33.4 Å². The molecule has 7 atom stereocenters. The van der Waals surface area contributed by atoms with Crippen molar-refractivity contribution < 1.29 is 38.5 Å². The first-order valence-corrected chi connectivity index (χ1v) is 9.90. The van der Waals surface area contributed by atoms with Crippen molar-refractivity contribution in [2.75, 3.05) is 7.11 Å². The van der Waals surface area contributed by atoms with Gasteiger partial charge in [0, 0.05) is 31.4 Å². The molecule has 29 heavy (non-hydrogen) atoms. The summed E-state index contributed by atoms with van der Waals surface area (Å²) in [7, 11) is 1.42. The highest BCUT2D eigenvalue weighted by molar-refractivity contribution is 5.99. The van der Waals surface area contributed by atoms with Crippen molar-refractivity contribution in [3.05, 3.63) is 12.2 Å². The molecule has 162 valence electrons. The van der Waals surface area contributed by atoms with E-state index in [9.17, 15) is 24.3 Å². The van der Waals surface area contributed by atoms with Crippen molar-refractivity contribution in [3.63, 3.8) is 0 Å². The van der Waals surface area contributed by atoms with Gasteiger partial charge in [0.05, 0.1) is 17.9 Å². The molecule has 1 N–H and O–H groups in total. The largest absolute Gasteiger partial charge is 0.455 e. The van der Waals surface area contributed by atoms with Crippen LogP contribution in [-0.4, -0.2) is 59.6 Å². The maximum atomic E-state index is 13.1. The maximum absolute atomic E-state index is 13.1. The van der Waals surface area contributed by atoms with E-state index < -0.39 is 65.2 Å². The second-order valence-corrected chi connectivity index (χ2v) is 8.06. The number of ether oxygens (including phenoxy) is 3. The minimum atomic E-state index is -2.35. The molecule has 2 rings (SSSR count). The lowest BCUT2D eigenvalue weighted by Crippen LogP contribution is -2.61. The second kappa shape index (κ2) is 8.75. The Kier molecular flexibility index (Phi) is 7.01. The molecule has 2 fully saturated rings. The first kappa shape index (κ1) is 23.2. The highest BCUT2D eigenvalue weighted by atomic mass is 16.6. The van der Waals surface area contributed by atoms with Gasteiger partial charge in [0.25, 0.3) is 0 Å². The van der Waals surface area contributed by atoms with Crippen LogP contribution in [0.4, 0.5) is 0 Å². The number of carbonyl (C=O) groups excluding carboxylic acids is 4. The molecule has 1 aliphatic carbocycles. The number of esters is 2. The fourth-order valence-corrected chi connectivity index (χ4v) is 3.75. The van der Waals surface area contributed by atoms with Crippen molar-refractivity contribution >= 4 is 23.5 Å². The van der Waals surface area contributed by atoms with Crippen molar-refractivity contribution in [1.29, 1.82) is 0 Å². The van der Waals surface area contributed by atoms with E-state index >= 15 is 0 Å². The topological polar surface area (TPSA) is 116 Å². The van der Waals surface area contributed by atoms with Gasteiger partial charge in [-0.05, 0) is 13.3 Å². The van der Waals surface area contributed by atoms with Crippen LogP contribution in [0.25, 0.3) is 0 Å². The molecule has 1 saturated heterocycles. The molecule has 0 bridgehead atoms. The predicted octanol–water partition coefficient (Wildman–Crippen LogP) is 1.38. The van der Waals surface area contributed by atoms with E-state index in [1.165, 1.54) is 14.0 Å². The molecule has 0 aromatic heterocycles. The minimum Gasteiger partial charge on any atom is -0.455 e. The zero-order valence-corrected chi connectivity index (χ0v) is 17.6. The summed E-state index contributed by atoms with van der Waals surface area (Å²) in [6.07, 6.45) is -3.07. The molecule has 0 aromatic rings. The molecule has 0 unspecified atom stereocenters. The Morgan fingerprint density at radius 3 is 2.52 bits per heavy atom. The monoisotopic (exact) mass is 410 g/mol. The molecule has 0 spiro atoms. The Morgan fingerprint density at radius 2 is 1.97 bits per heavy atom. The van der Waals surface area contributed by atoms with E-state index in [0.717, 1.165) is 0 Å². The summed E-state index contributed by atoms with van der Waals surface area (Å²) < 4.78 is 16.0. The number of Topliss-reactive ketones (excluding diaryl/α,β-unsaturated/α-hetero) is 2. The van der Waals surface area contributed by atoms with E-state index in [4.69, 9.17) is 14.2 Å². The van der Waals surface area contributed by atoms with Crippen LogP contribution >= 0.6 is 0 Å². The molecule has 8 heteroatoms. The van der Waals surface area contributed by atoms with E-state index in [1.807, 2.05) is 0 Å². The number of hydrogen-bond acceptors (Lipinski definition) is 8. The zero-order chi connectivity index (χ0) is 22.1. The third-order valence-electron chi connectivity index (χ3n) is 6.23. The fourth-order valence-electron chi connectivity index (χ4n) is 3.75. The van der Waals surface area contributed by atoms with E-state index in [1.54, 1.807) is 20.8 Å². The average molecular weight is 410 g/mol. The van der Waals surface area contributed by atoms with Crippen molar-refractivity contribution in [1.82, 2.24) is 0 Å². The lowest BCUT2D eigenvalue weighted by atomic mass is 9.76. The van der Waals surface area contributed by atoms with Crippen LogP contribution in [0.15, 0.2) is 12.2 Å². The summed E-state index contributed by atoms with van der Waals surface area (Å²) in [6, 6.07) is 0.